The average Bonchev–Trinajstić information content (AvgIpc) is 2.13. The molecule has 0 bridgehead atoms. The molecule has 2 heteroatoms. The van der Waals surface area contributed by atoms with Gasteiger partial charge in [-0.05, 0) is 39.7 Å². The molecule has 0 fully saturated rings. The summed E-state index contributed by atoms with van der Waals surface area (Å²) >= 11 is 0. The lowest BCUT2D eigenvalue weighted by Crippen LogP contribution is -2.45. The summed E-state index contributed by atoms with van der Waals surface area (Å²) in [5.41, 5.74) is 13.2. The smallest absolute Gasteiger partial charge is 0.0167 e. The maximum atomic E-state index is 6.26. The van der Waals surface area contributed by atoms with E-state index < -0.39 is 0 Å². The summed E-state index contributed by atoms with van der Waals surface area (Å²) in [5, 5.41) is 0. The Labute approximate surface area is 99.0 Å². The van der Waals surface area contributed by atoms with Gasteiger partial charge in [0.15, 0.2) is 0 Å². The van der Waals surface area contributed by atoms with Crippen molar-refractivity contribution in [3.05, 3.63) is 35.9 Å². The molecule has 1 aromatic carbocycles. The zero-order valence-corrected chi connectivity index (χ0v) is 10.8. The molecule has 0 spiro atoms. The van der Waals surface area contributed by atoms with E-state index in [0.29, 0.717) is 0 Å². The highest BCUT2D eigenvalue weighted by atomic mass is 14.8. The summed E-state index contributed by atoms with van der Waals surface area (Å²) in [6, 6.07) is 10.4. The third-order valence-electron chi connectivity index (χ3n) is 2.83. The van der Waals surface area contributed by atoms with Crippen molar-refractivity contribution in [2.24, 2.45) is 11.5 Å². The van der Waals surface area contributed by atoms with Gasteiger partial charge in [-0.2, -0.15) is 0 Å². The van der Waals surface area contributed by atoms with Gasteiger partial charge in [-0.25, -0.2) is 0 Å². The van der Waals surface area contributed by atoms with Gasteiger partial charge in [0.25, 0.3) is 0 Å². The second-order valence-electron chi connectivity index (χ2n) is 5.98. The van der Waals surface area contributed by atoms with Gasteiger partial charge in [0, 0.05) is 17.0 Å². The summed E-state index contributed by atoms with van der Waals surface area (Å²) in [6.07, 6.45) is 0.889. The van der Waals surface area contributed by atoms with Gasteiger partial charge < -0.3 is 11.5 Å². The quantitative estimate of drug-likeness (QED) is 0.819. The number of nitrogens with two attached hydrogens (primary N) is 2. The lowest BCUT2D eigenvalue weighted by atomic mass is 9.76. The van der Waals surface area contributed by atoms with Crippen molar-refractivity contribution in [2.45, 2.75) is 51.1 Å². The fourth-order valence-electron chi connectivity index (χ4n) is 2.02. The molecule has 1 atom stereocenters. The summed E-state index contributed by atoms with van der Waals surface area (Å²) in [4.78, 5) is 0. The minimum atomic E-state index is -0.252. The van der Waals surface area contributed by atoms with Crippen LogP contribution in [0.3, 0.4) is 0 Å². The zero-order chi connectivity index (χ0) is 12.4. The first-order valence-electron chi connectivity index (χ1n) is 5.83. The topological polar surface area (TPSA) is 52.0 Å². The van der Waals surface area contributed by atoms with Gasteiger partial charge in [0.1, 0.15) is 0 Å². The third kappa shape index (κ3) is 3.95. The van der Waals surface area contributed by atoms with Crippen LogP contribution < -0.4 is 11.5 Å². The first-order valence-corrected chi connectivity index (χ1v) is 5.83. The van der Waals surface area contributed by atoms with E-state index in [4.69, 9.17) is 11.5 Å². The zero-order valence-electron chi connectivity index (χ0n) is 10.8. The van der Waals surface area contributed by atoms with Gasteiger partial charge >= 0.3 is 0 Å². The lowest BCUT2D eigenvalue weighted by molar-refractivity contribution is 0.324. The molecule has 90 valence electrons. The Hall–Kier alpha value is -0.860. The van der Waals surface area contributed by atoms with Crippen LogP contribution in [0.2, 0.25) is 0 Å². The second-order valence-corrected chi connectivity index (χ2v) is 5.98. The van der Waals surface area contributed by atoms with Gasteiger partial charge in [-0.1, -0.05) is 30.3 Å². The summed E-state index contributed by atoms with van der Waals surface area (Å²) < 4.78 is 0. The first-order chi connectivity index (χ1) is 7.20. The van der Waals surface area contributed by atoms with Gasteiger partial charge in [0.2, 0.25) is 0 Å². The van der Waals surface area contributed by atoms with Crippen LogP contribution in [0.15, 0.2) is 30.3 Å². The van der Waals surface area contributed by atoms with Crippen LogP contribution in [0.25, 0.3) is 0 Å². The molecule has 16 heavy (non-hydrogen) atoms. The Kier molecular flexibility index (Phi) is 3.76. The normalized spacial score (nSPS) is 14.9. The summed E-state index contributed by atoms with van der Waals surface area (Å²) in [6.45, 7) is 8.23. The maximum Gasteiger partial charge on any atom is 0.0167 e. The van der Waals surface area contributed by atoms with Crippen LogP contribution in [0.1, 0.15) is 45.6 Å². The van der Waals surface area contributed by atoms with E-state index in [1.165, 1.54) is 5.56 Å². The largest absolute Gasteiger partial charge is 0.326 e. The van der Waals surface area contributed by atoms with E-state index in [2.05, 4.69) is 52.0 Å². The predicted molar refractivity (Wildman–Crippen MR) is 70.3 cm³/mol. The Morgan fingerprint density at radius 2 is 1.50 bits per heavy atom. The maximum absolute atomic E-state index is 6.26. The van der Waals surface area contributed by atoms with Crippen molar-refractivity contribution in [3.8, 4) is 0 Å². The van der Waals surface area contributed by atoms with Crippen LogP contribution in [-0.4, -0.2) is 11.1 Å². The Morgan fingerprint density at radius 3 is 1.88 bits per heavy atom. The minimum absolute atomic E-state index is 0.197. The molecule has 0 aliphatic carbocycles. The van der Waals surface area contributed by atoms with Crippen LogP contribution in [-0.2, 0) is 0 Å². The highest BCUT2D eigenvalue weighted by molar-refractivity contribution is 5.23. The number of hydrogen-bond donors (Lipinski definition) is 2. The first kappa shape index (κ1) is 13.2. The summed E-state index contributed by atoms with van der Waals surface area (Å²) in [5.74, 6) is 0.286. The molecule has 1 unspecified atom stereocenters. The fourth-order valence-corrected chi connectivity index (χ4v) is 2.02. The molecule has 0 saturated heterocycles. The molecule has 0 heterocycles. The standard InChI is InChI=1S/C14H24N2/c1-13(2,15)10-12(14(3,4)16)11-8-6-5-7-9-11/h5-9,12H,10,15-16H2,1-4H3. The van der Waals surface area contributed by atoms with Crippen LogP contribution in [0.4, 0.5) is 0 Å². The van der Waals surface area contributed by atoms with Crippen LogP contribution in [0.5, 0.6) is 0 Å². The molecule has 0 amide bonds. The molecule has 4 N–H and O–H groups in total. The van der Waals surface area contributed by atoms with Crippen molar-refractivity contribution in [3.63, 3.8) is 0 Å². The molecule has 1 aromatic rings. The molecule has 0 aliphatic heterocycles. The van der Waals surface area contributed by atoms with Crippen molar-refractivity contribution < 1.29 is 0 Å². The highest BCUT2D eigenvalue weighted by Crippen LogP contribution is 2.32. The van der Waals surface area contributed by atoms with Gasteiger partial charge in [-0.3, -0.25) is 0 Å². The minimum Gasteiger partial charge on any atom is -0.326 e. The number of hydrogen-bond acceptors (Lipinski definition) is 2. The Morgan fingerprint density at radius 1 is 1.00 bits per heavy atom. The van der Waals surface area contributed by atoms with Crippen molar-refractivity contribution >= 4 is 0 Å². The Balaban J connectivity index is 2.98. The Bertz CT molecular complexity index is 317. The van der Waals surface area contributed by atoms with E-state index in [1.807, 2.05) is 6.07 Å². The van der Waals surface area contributed by atoms with Crippen molar-refractivity contribution in [1.29, 1.82) is 0 Å². The van der Waals surface area contributed by atoms with E-state index >= 15 is 0 Å². The molecule has 0 saturated carbocycles. The molecule has 0 radical (unpaired) electrons. The van der Waals surface area contributed by atoms with E-state index in [0.717, 1.165) is 6.42 Å². The lowest BCUT2D eigenvalue weighted by Gasteiger charge is -2.35. The van der Waals surface area contributed by atoms with E-state index in [-0.39, 0.29) is 17.0 Å². The van der Waals surface area contributed by atoms with Crippen LogP contribution >= 0.6 is 0 Å². The van der Waals surface area contributed by atoms with Crippen LogP contribution in [0, 0.1) is 0 Å². The highest BCUT2D eigenvalue weighted by Gasteiger charge is 2.30. The van der Waals surface area contributed by atoms with Crippen molar-refractivity contribution in [2.75, 3.05) is 0 Å². The number of rotatable bonds is 4. The van der Waals surface area contributed by atoms with E-state index in [9.17, 15) is 0 Å². The SMILES string of the molecule is CC(C)(N)CC(c1ccccc1)C(C)(C)N. The fraction of sp³-hybridized carbons (Fsp3) is 0.571. The summed E-state index contributed by atoms with van der Waals surface area (Å²) in [7, 11) is 0. The monoisotopic (exact) mass is 220 g/mol. The molecular weight excluding hydrogens is 196 g/mol. The van der Waals surface area contributed by atoms with Crippen molar-refractivity contribution in [1.82, 2.24) is 0 Å². The number of benzene rings is 1. The average molecular weight is 220 g/mol. The van der Waals surface area contributed by atoms with Gasteiger partial charge in [-0.15, -0.1) is 0 Å². The predicted octanol–water partition coefficient (Wildman–Crippen LogP) is 2.63. The third-order valence-corrected chi connectivity index (χ3v) is 2.83. The van der Waals surface area contributed by atoms with Gasteiger partial charge in [0.05, 0.1) is 0 Å². The van der Waals surface area contributed by atoms with E-state index in [1.54, 1.807) is 0 Å². The molecule has 2 nitrogen and oxygen atoms in total. The second kappa shape index (κ2) is 4.56. The molecular formula is C14H24N2. The molecule has 1 rings (SSSR count). The molecule has 0 aliphatic rings. The molecule has 0 aromatic heterocycles.